The Bertz CT molecular complexity index is 448. The summed E-state index contributed by atoms with van der Waals surface area (Å²) in [6.45, 7) is 0.625. The normalized spacial score (nSPS) is 13.9. The Kier molecular flexibility index (Phi) is 4.40. The van der Waals surface area contributed by atoms with E-state index in [0.717, 1.165) is 0 Å². The maximum Gasteiger partial charge on any atom is 0.410 e. The second-order valence-electron chi connectivity index (χ2n) is 4.20. The van der Waals surface area contributed by atoms with Crippen LogP contribution < -0.4 is 19.9 Å². The van der Waals surface area contributed by atoms with Gasteiger partial charge in [0.15, 0.2) is 18.3 Å². The molecule has 2 rings (SSSR count). The van der Waals surface area contributed by atoms with Crippen LogP contribution >= 0.6 is 0 Å². The molecule has 0 atom stereocenters. The molecule has 7 heteroatoms. The molecule has 0 aromatic carbocycles. The van der Waals surface area contributed by atoms with E-state index in [0.29, 0.717) is 18.4 Å². The number of amides is 1. The van der Waals surface area contributed by atoms with E-state index < -0.39 is 6.09 Å². The monoisotopic (exact) mass is 268 g/mol. The molecule has 0 aliphatic heterocycles. The molecule has 0 radical (unpaired) electrons. The molecule has 19 heavy (non-hydrogen) atoms. The summed E-state index contributed by atoms with van der Waals surface area (Å²) in [5.74, 6) is 1.39. The Balaban J connectivity index is 2.06. The number of primary amides is 1. The number of nitrogens with zero attached hydrogens (tertiary/aromatic N) is 1. The van der Waals surface area contributed by atoms with Gasteiger partial charge in [-0.25, -0.2) is 9.78 Å². The maximum atomic E-state index is 10.8. The minimum Gasteiger partial charge on any atom is -0.477 e. The fourth-order valence-electron chi connectivity index (χ4n) is 1.39. The van der Waals surface area contributed by atoms with E-state index in [-0.39, 0.29) is 18.3 Å². The number of hydrogen-bond acceptors (Lipinski definition) is 6. The topological polar surface area (TPSA) is 92.9 Å². The zero-order valence-electron chi connectivity index (χ0n) is 10.6. The lowest BCUT2D eigenvalue weighted by Gasteiger charge is -2.11. The Morgan fingerprint density at radius 3 is 2.84 bits per heavy atom. The maximum absolute atomic E-state index is 10.8. The lowest BCUT2D eigenvalue weighted by Crippen LogP contribution is -2.17. The van der Waals surface area contributed by atoms with Gasteiger partial charge in [0, 0.05) is 13.2 Å². The third kappa shape index (κ3) is 4.29. The summed E-state index contributed by atoms with van der Waals surface area (Å²) in [6, 6.07) is 1.47. The van der Waals surface area contributed by atoms with Gasteiger partial charge in [0.25, 0.3) is 0 Å². The number of carbonyl (C=O) groups excluding carboxylic acids is 1. The Morgan fingerprint density at radius 2 is 2.21 bits per heavy atom. The van der Waals surface area contributed by atoms with Crippen LogP contribution in [0.5, 0.6) is 17.4 Å². The average Bonchev–Trinajstić information content (AvgIpc) is 3.18. The van der Waals surface area contributed by atoms with Crippen molar-refractivity contribution < 1.29 is 23.7 Å². The van der Waals surface area contributed by atoms with Crippen molar-refractivity contribution in [1.82, 2.24) is 4.98 Å². The molecule has 1 saturated carbocycles. The predicted molar refractivity (Wildman–Crippen MR) is 65.2 cm³/mol. The van der Waals surface area contributed by atoms with Crippen LogP contribution in [0.3, 0.4) is 0 Å². The second-order valence-corrected chi connectivity index (χ2v) is 4.20. The van der Waals surface area contributed by atoms with Crippen molar-refractivity contribution in [1.29, 1.82) is 0 Å². The number of ether oxygens (including phenoxy) is 4. The van der Waals surface area contributed by atoms with Crippen molar-refractivity contribution in [2.45, 2.75) is 12.8 Å². The molecule has 1 aromatic heterocycles. The van der Waals surface area contributed by atoms with E-state index >= 15 is 0 Å². The minimum atomic E-state index is -0.929. The van der Waals surface area contributed by atoms with Crippen LogP contribution in [0.2, 0.25) is 0 Å². The van der Waals surface area contributed by atoms with Gasteiger partial charge in [-0.2, -0.15) is 0 Å². The van der Waals surface area contributed by atoms with E-state index in [1.54, 1.807) is 0 Å². The van der Waals surface area contributed by atoms with Crippen LogP contribution in [0.15, 0.2) is 12.3 Å². The summed E-state index contributed by atoms with van der Waals surface area (Å²) >= 11 is 0. The van der Waals surface area contributed by atoms with Gasteiger partial charge in [0.2, 0.25) is 5.88 Å². The molecule has 1 aliphatic carbocycles. The molecule has 1 heterocycles. The van der Waals surface area contributed by atoms with Gasteiger partial charge in [-0.15, -0.1) is 0 Å². The molecule has 0 bridgehead atoms. The molecule has 1 aromatic rings. The summed E-state index contributed by atoms with van der Waals surface area (Å²) in [5, 5.41) is 0. The fraction of sp³-hybridized carbons (Fsp3) is 0.500. The van der Waals surface area contributed by atoms with Crippen molar-refractivity contribution in [2.75, 3.05) is 20.5 Å². The van der Waals surface area contributed by atoms with Crippen LogP contribution in [0.1, 0.15) is 12.8 Å². The van der Waals surface area contributed by atoms with Gasteiger partial charge >= 0.3 is 6.09 Å². The molecule has 1 amide bonds. The third-order valence-corrected chi connectivity index (χ3v) is 2.51. The summed E-state index contributed by atoms with van der Waals surface area (Å²) < 4.78 is 20.3. The van der Waals surface area contributed by atoms with Crippen molar-refractivity contribution in [3.63, 3.8) is 0 Å². The molecule has 1 aliphatic rings. The second kappa shape index (κ2) is 6.24. The molecule has 0 unspecified atom stereocenters. The van der Waals surface area contributed by atoms with E-state index in [4.69, 9.17) is 24.7 Å². The van der Waals surface area contributed by atoms with E-state index in [2.05, 4.69) is 4.98 Å². The van der Waals surface area contributed by atoms with Crippen LogP contribution in [-0.2, 0) is 4.74 Å². The number of methoxy groups -OCH3 is 1. The first kappa shape index (κ1) is 13.4. The minimum absolute atomic E-state index is 0.0130. The molecule has 2 N–H and O–H groups in total. The highest BCUT2D eigenvalue weighted by molar-refractivity contribution is 5.69. The first-order valence-electron chi connectivity index (χ1n) is 5.91. The highest BCUT2D eigenvalue weighted by atomic mass is 16.7. The third-order valence-electron chi connectivity index (χ3n) is 2.51. The van der Waals surface area contributed by atoms with Crippen molar-refractivity contribution in [3.05, 3.63) is 12.3 Å². The smallest absolute Gasteiger partial charge is 0.410 e. The number of carbonyl (C=O) groups is 1. The van der Waals surface area contributed by atoms with Crippen molar-refractivity contribution >= 4 is 6.09 Å². The molecule has 7 nitrogen and oxygen atoms in total. The van der Waals surface area contributed by atoms with Gasteiger partial charge in [-0.3, -0.25) is 0 Å². The number of nitrogens with two attached hydrogens (primary N) is 1. The number of rotatable bonds is 7. The summed E-state index contributed by atoms with van der Waals surface area (Å²) in [4.78, 5) is 14.9. The molecule has 1 fully saturated rings. The number of pyridine rings is 1. The van der Waals surface area contributed by atoms with Crippen LogP contribution in [-0.4, -0.2) is 31.6 Å². The molecule has 0 saturated heterocycles. The van der Waals surface area contributed by atoms with Crippen molar-refractivity contribution in [3.8, 4) is 17.4 Å². The molecular weight excluding hydrogens is 252 g/mol. The Labute approximate surface area is 110 Å². The largest absolute Gasteiger partial charge is 0.477 e. The predicted octanol–water partition coefficient (Wildman–Crippen LogP) is 1.31. The summed E-state index contributed by atoms with van der Waals surface area (Å²) in [6.07, 6.45) is 2.83. The standard InChI is InChI=1S/C12H16N2O5/c1-16-7-18-10-5-14-11(17-6-8-2-3-8)4-9(10)19-12(13)15/h4-5,8H,2-3,6-7H2,1H3,(H2,13,15). The number of hydrogen-bond donors (Lipinski definition) is 1. The van der Waals surface area contributed by atoms with E-state index in [1.807, 2.05) is 0 Å². The van der Waals surface area contributed by atoms with Crippen LogP contribution in [0.4, 0.5) is 4.79 Å². The Hall–Kier alpha value is -2.02. The van der Waals surface area contributed by atoms with E-state index in [1.165, 1.54) is 32.2 Å². The zero-order chi connectivity index (χ0) is 13.7. The van der Waals surface area contributed by atoms with Crippen LogP contribution in [0, 0.1) is 5.92 Å². The SMILES string of the molecule is COCOc1cnc(OCC2CC2)cc1OC(N)=O. The lowest BCUT2D eigenvalue weighted by atomic mass is 10.4. The van der Waals surface area contributed by atoms with Gasteiger partial charge in [0.1, 0.15) is 0 Å². The first-order chi connectivity index (χ1) is 9.19. The molecule has 0 spiro atoms. The highest BCUT2D eigenvalue weighted by Crippen LogP contribution is 2.32. The lowest BCUT2D eigenvalue weighted by molar-refractivity contribution is 0.0489. The number of aromatic nitrogens is 1. The summed E-state index contributed by atoms with van der Waals surface area (Å²) in [7, 11) is 1.48. The van der Waals surface area contributed by atoms with E-state index in [9.17, 15) is 4.79 Å². The van der Waals surface area contributed by atoms with Crippen molar-refractivity contribution in [2.24, 2.45) is 11.7 Å². The van der Waals surface area contributed by atoms with Gasteiger partial charge in [0.05, 0.1) is 12.8 Å². The molecule has 104 valence electrons. The van der Waals surface area contributed by atoms with Crippen LogP contribution in [0.25, 0.3) is 0 Å². The summed E-state index contributed by atoms with van der Waals surface area (Å²) in [5.41, 5.74) is 5.00. The molecular formula is C12H16N2O5. The van der Waals surface area contributed by atoms with Gasteiger partial charge < -0.3 is 24.7 Å². The fourth-order valence-corrected chi connectivity index (χ4v) is 1.39. The highest BCUT2D eigenvalue weighted by Gasteiger charge is 2.22. The zero-order valence-corrected chi connectivity index (χ0v) is 10.6. The Morgan fingerprint density at radius 1 is 1.42 bits per heavy atom. The first-order valence-corrected chi connectivity index (χ1v) is 5.91. The van der Waals surface area contributed by atoms with Gasteiger partial charge in [-0.05, 0) is 18.8 Å². The average molecular weight is 268 g/mol. The van der Waals surface area contributed by atoms with Gasteiger partial charge in [-0.1, -0.05) is 0 Å². The quantitative estimate of drug-likeness (QED) is 0.749.